The molecule has 4 rings (SSSR count). The van der Waals surface area contributed by atoms with E-state index in [0.717, 1.165) is 49.4 Å². The van der Waals surface area contributed by atoms with Crippen LogP contribution >= 0.6 is 23.2 Å². The van der Waals surface area contributed by atoms with E-state index in [4.69, 9.17) is 33.0 Å². The van der Waals surface area contributed by atoms with E-state index in [1.807, 2.05) is 41.1 Å². The molecule has 2 heterocycles. The first-order chi connectivity index (χ1) is 17.4. The lowest BCUT2D eigenvalue weighted by Crippen LogP contribution is -2.43. The van der Waals surface area contributed by atoms with Crippen LogP contribution in [0.4, 0.5) is 0 Å². The van der Waals surface area contributed by atoms with Gasteiger partial charge in [0.2, 0.25) is 5.91 Å². The van der Waals surface area contributed by atoms with Crippen LogP contribution in [0.25, 0.3) is 5.69 Å². The van der Waals surface area contributed by atoms with Gasteiger partial charge in [0.1, 0.15) is 5.75 Å². The van der Waals surface area contributed by atoms with Crippen molar-refractivity contribution in [1.82, 2.24) is 20.0 Å². The molecule has 1 aliphatic rings. The van der Waals surface area contributed by atoms with Gasteiger partial charge in [0.25, 0.3) is 0 Å². The highest BCUT2D eigenvalue weighted by Gasteiger charge is 2.21. The van der Waals surface area contributed by atoms with Crippen LogP contribution in [-0.4, -0.2) is 47.0 Å². The average Bonchev–Trinajstić information content (AvgIpc) is 3.24. The first-order valence-electron chi connectivity index (χ1n) is 12.6. The van der Waals surface area contributed by atoms with Crippen molar-refractivity contribution < 1.29 is 9.53 Å². The number of halogens is 2. The zero-order valence-corrected chi connectivity index (χ0v) is 22.4. The van der Waals surface area contributed by atoms with E-state index in [0.29, 0.717) is 40.9 Å². The Morgan fingerprint density at radius 2 is 1.86 bits per heavy atom. The van der Waals surface area contributed by atoms with E-state index in [1.54, 1.807) is 12.1 Å². The van der Waals surface area contributed by atoms with E-state index in [9.17, 15) is 4.79 Å². The lowest BCUT2D eigenvalue weighted by molar-refractivity contribution is -0.121. The number of piperidine rings is 1. The Morgan fingerprint density at radius 3 is 2.56 bits per heavy atom. The van der Waals surface area contributed by atoms with E-state index in [1.165, 1.54) is 0 Å². The zero-order chi connectivity index (χ0) is 25.5. The van der Waals surface area contributed by atoms with E-state index < -0.39 is 0 Å². The maximum atomic E-state index is 12.7. The van der Waals surface area contributed by atoms with Crippen LogP contribution in [0.3, 0.4) is 0 Å². The number of aromatic nitrogens is 2. The fourth-order valence-electron chi connectivity index (χ4n) is 4.46. The van der Waals surface area contributed by atoms with Gasteiger partial charge in [-0.3, -0.25) is 9.69 Å². The normalized spacial score (nSPS) is 14.8. The molecule has 6 nitrogen and oxygen atoms in total. The van der Waals surface area contributed by atoms with Crippen LogP contribution in [-0.2, 0) is 17.6 Å². The van der Waals surface area contributed by atoms with E-state index in [2.05, 4.69) is 30.1 Å². The Kier molecular flexibility index (Phi) is 9.30. The number of carbonyl (C=O) groups excluding carboxylic acids is 1. The summed E-state index contributed by atoms with van der Waals surface area (Å²) < 4.78 is 7.88. The number of benzene rings is 2. The van der Waals surface area contributed by atoms with Crippen LogP contribution in [0.1, 0.15) is 38.1 Å². The quantitative estimate of drug-likeness (QED) is 0.362. The second kappa shape index (κ2) is 12.6. The molecule has 1 N–H and O–H groups in total. The van der Waals surface area contributed by atoms with Gasteiger partial charge < -0.3 is 10.1 Å². The first-order valence-corrected chi connectivity index (χ1v) is 13.3. The van der Waals surface area contributed by atoms with E-state index in [-0.39, 0.29) is 12.3 Å². The molecule has 1 aromatic heterocycles. The minimum absolute atomic E-state index is 0.00774. The van der Waals surface area contributed by atoms with Gasteiger partial charge in [-0.1, -0.05) is 55.2 Å². The van der Waals surface area contributed by atoms with Gasteiger partial charge in [-0.15, -0.1) is 0 Å². The SMILES string of the molecule is CC(C)Cc1cc(CC(=O)NCN2CCC(COc3ccc(Cl)cc3Cl)CC2)nn1-c1ccccc1. The number of likely N-dealkylation sites (tertiary alicyclic amines) is 1. The lowest BCUT2D eigenvalue weighted by atomic mass is 9.98. The Labute approximate surface area is 223 Å². The van der Waals surface area contributed by atoms with Crippen molar-refractivity contribution in [2.45, 2.75) is 39.5 Å². The van der Waals surface area contributed by atoms with E-state index >= 15 is 0 Å². The fourth-order valence-corrected chi connectivity index (χ4v) is 4.92. The number of amides is 1. The van der Waals surface area contributed by atoms with Gasteiger partial charge >= 0.3 is 0 Å². The molecular weight excluding hydrogens is 495 g/mol. The van der Waals surface area contributed by atoms with Crippen LogP contribution in [0.5, 0.6) is 5.75 Å². The molecule has 1 saturated heterocycles. The van der Waals surface area contributed by atoms with Crippen molar-refractivity contribution in [1.29, 1.82) is 0 Å². The molecule has 192 valence electrons. The molecule has 3 aromatic rings. The Morgan fingerprint density at radius 1 is 1.11 bits per heavy atom. The molecule has 2 aromatic carbocycles. The summed E-state index contributed by atoms with van der Waals surface area (Å²) in [6.45, 7) is 7.40. The Hall–Kier alpha value is -2.54. The summed E-state index contributed by atoms with van der Waals surface area (Å²) in [6.07, 6.45) is 3.21. The van der Waals surface area contributed by atoms with Crippen molar-refractivity contribution in [3.05, 3.63) is 76.0 Å². The number of carbonyl (C=O) groups is 1. The fraction of sp³-hybridized carbons (Fsp3) is 0.429. The highest BCUT2D eigenvalue weighted by atomic mass is 35.5. The molecule has 0 atom stereocenters. The maximum absolute atomic E-state index is 12.7. The van der Waals surface area contributed by atoms with Crippen molar-refractivity contribution in [3.63, 3.8) is 0 Å². The zero-order valence-electron chi connectivity index (χ0n) is 20.9. The Balaban J connectivity index is 1.23. The largest absolute Gasteiger partial charge is 0.492 e. The smallest absolute Gasteiger partial charge is 0.227 e. The average molecular weight is 530 g/mol. The van der Waals surface area contributed by atoms with Crippen LogP contribution in [0.2, 0.25) is 10.0 Å². The highest BCUT2D eigenvalue weighted by Crippen LogP contribution is 2.29. The summed E-state index contributed by atoms with van der Waals surface area (Å²) >= 11 is 12.1. The van der Waals surface area contributed by atoms with Crippen LogP contribution in [0.15, 0.2) is 54.6 Å². The van der Waals surface area contributed by atoms with Gasteiger partial charge in [0.15, 0.2) is 0 Å². The summed E-state index contributed by atoms with van der Waals surface area (Å²) in [7, 11) is 0. The predicted molar refractivity (Wildman–Crippen MR) is 145 cm³/mol. The molecule has 1 amide bonds. The molecule has 0 saturated carbocycles. The number of nitrogens with one attached hydrogen (secondary N) is 1. The number of nitrogens with zero attached hydrogens (tertiary/aromatic N) is 3. The second-order valence-electron chi connectivity index (χ2n) is 9.85. The standard InChI is InChI=1S/C28H34Cl2N4O2/c1-20(2)14-25-16-23(32-34(25)24-6-4-3-5-7-24)17-28(35)31-19-33-12-10-21(11-13-33)18-36-27-9-8-22(29)15-26(27)30/h3-9,15-16,20-21H,10-14,17-19H2,1-2H3,(H,31,35). The summed E-state index contributed by atoms with van der Waals surface area (Å²) in [6, 6.07) is 17.4. The summed E-state index contributed by atoms with van der Waals surface area (Å²) in [5.74, 6) is 1.63. The topological polar surface area (TPSA) is 59.4 Å². The molecule has 0 bridgehead atoms. The molecule has 0 aliphatic carbocycles. The molecule has 1 aliphatic heterocycles. The van der Waals surface area contributed by atoms with Gasteiger partial charge in [0.05, 0.1) is 36.1 Å². The molecule has 0 radical (unpaired) electrons. The van der Waals surface area contributed by atoms with Gasteiger partial charge in [0, 0.05) is 23.8 Å². The maximum Gasteiger partial charge on any atom is 0.227 e. The van der Waals surface area contributed by atoms with Crippen molar-refractivity contribution in [2.75, 3.05) is 26.4 Å². The van der Waals surface area contributed by atoms with Crippen molar-refractivity contribution in [2.24, 2.45) is 11.8 Å². The lowest BCUT2D eigenvalue weighted by Gasteiger charge is -2.31. The number of hydrogen-bond acceptors (Lipinski definition) is 4. The molecular formula is C28H34Cl2N4O2. The summed E-state index contributed by atoms with van der Waals surface area (Å²) in [4.78, 5) is 15.0. The summed E-state index contributed by atoms with van der Waals surface area (Å²) in [5.41, 5.74) is 2.94. The van der Waals surface area contributed by atoms with Gasteiger partial charge in [-0.25, -0.2) is 4.68 Å². The van der Waals surface area contributed by atoms with Crippen molar-refractivity contribution in [3.8, 4) is 11.4 Å². The number of hydrogen-bond donors (Lipinski definition) is 1. The van der Waals surface area contributed by atoms with Crippen molar-refractivity contribution >= 4 is 29.1 Å². The van der Waals surface area contributed by atoms with Crippen LogP contribution < -0.4 is 10.1 Å². The number of rotatable bonds is 10. The third-order valence-electron chi connectivity index (χ3n) is 6.37. The van der Waals surface area contributed by atoms with Gasteiger partial charge in [-0.05, 0) is 67.5 Å². The summed E-state index contributed by atoms with van der Waals surface area (Å²) in [5, 5.41) is 8.95. The third-order valence-corrected chi connectivity index (χ3v) is 6.90. The minimum atomic E-state index is -0.00774. The molecule has 8 heteroatoms. The molecule has 0 spiro atoms. The Bertz CT molecular complexity index is 1140. The first kappa shape index (κ1) is 26.5. The molecule has 36 heavy (non-hydrogen) atoms. The highest BCUT2D eigenvalue weighted by molar-refractivity contribution is 6.35. The molecule has 0 unspecified atom stereocenters. The number of ether oxygens (including phenoxy) is 1. The third kappa shape index (κ3) is 7.48. The second-order valence-corrected chi connectivity index (χ2v) is 10.7. The van der Waals surface area contributed by atoms with Gasteiger partial charge in [-0.2, -0.15) is 5.10 Å². The molecule has 1 fully saturated rings. The monoisotopic (exact) mass is 528 g/mol. The predicted octanol–water partition coefficient (Wildman–Crippen LogP) is 5.78. The number of para-hydroxylation sites is 1. The van der Waals surface area contributed by atoms with Crippen LogP contribution in [0, 0.1) is 11.8 Å². The minimum Gasteiger partial charge on any atom is -0.492 e.